The Labute approximate surface area is 169 Å². The van der Waals surface area contributed by atoms with E-state index in [9.17, 15) is 18.8 Å². The van der Waals surface area contributed by atoms with Crippen LogP contribution in [0.1, 0.15) is 10.4 Å². The fraction of sp³-hybridized carbons (Fsp3) is 0.100. The van der Waals surface area contributed by atoms with Crippen molar-refractivity contribution in [2.45, 2.75) is 0 Å². The Hall–Kier alpha value is -3.59. The number of benzene rings is 2. The van der Waals surface area contributed by atoms with Gasteiger partial charge < -0.3 is 9.47 Å². The lowest BCUT2D eigenvalue weighted by molar-refractivity contribution is -0.149. The van der Waals surface area contributed by atoms with Crippen molar-refractivity contribution >= 4 is 34.6 Å². The number of thiazole rings is 1. The van der Waals surface area contributed by atoms with Crippen LogP contribution in [0.5, 0.6) is 5.75 Å². The van der Waals surface area contributed by atoms with Gasteiger partial charge in [-0.2, -0.15) is 0 Å². The molecule has 0 unspecified atom stereocenters. The standard InChI is InChI=1S/C20H15FN2O5S/c21-15-5-3-14(4-6-15)17-12-29-20(22-17)23-18(25)10-28-19(26)11-27-16-7-1-13(9-24)2-8-16/h1-9,12H,10-11H2,(H,22,23,25). The fourth-order valence-electron chi connectivity index (χ4n) is 2.21. The average molecular weight is 414 g/mol. The van der Waals surface area contributed by atoms with E-state index in [0.717, 1.165) is 0 Å². The van der Waals surface area contributed by atoms with Gasteiger partial charge in [0.25, 0.3) is 5.91 Å². The van der Waals surface area contributed by atoms with E-state index in [1.54, 1.807) is 41.8 Å². The number of nitrogens with one attached hydrogen (secondary N) is 1. The normalized spacial score (nSPS) is 10.2. The molecule has 29 heavy (non-hydrogen) atoms. The van der Waals surface area contributed by atoms with E-state index in [4.69, 9.17) is 9.47 Å². The van der Waals surface area contributed by atoms with E-state index >= 15 is 0 Å². The number of ether oxygens (including phenoxy) is 2. The van der Waals surface area contributed by atoms with Crippen LogP contribution in [0.4, 0.5) is 9.52 Å². The second-order valence-electron chi connectivity index (χ2n) is 5.73. The molecule has 0 fully saturated rings. The van der Waals surface area contributed by atoms with Crippen molar-refractivity contribution in [2.24, 2.45) is 0 Å². The summed E-state index contributed by atoms with van der Waals surface area (Å²) in [6.45, 7) is -0.864. The van der Waals surface area contributed by atoms with Gasteiger partial charge in [-0.05, 0) is 48.5 Å². The van der Waals surface area contributed by atoms with Crippen molar-refractivity contribution in [1.82, 2.24) is 4.98 Å². The summed E-state index contributed by atoms with van der Waals surface area (Å²) in [5.41, 5.74) is 1.80. The van der Waals surface area contributed by atoms with E-state index in [1.165, 1.54) is 23.5 Å². The summed E-state index contributed by atoms with van der Waals surface area (Å²) in [7, 11) is 0. The molecule has 9 heteroatoms. The Morgan fingerprint density at radius 3 is 2.48 bits per heavy atom. The summed E-state index contributed by atoms with van der Waals surface area (Å²) in [6.07, 6.45) is 0.696. The summed E-state index contributed by atoms with van der Waals surface area (Å²) in [5, 5.41) is 4.58. The molecule has 0 atom stereocenters. The summed E-state index contributed by atoms with van der Waals surface area (Å²) in [4.78, 5) is 38.4. The highest BCUT2D eigenvalue weighted by Crippen LogP contribution is 2.24. The number of aromatic nitrogens is 1. The van der Waals surface area contributed by atoms with Crippen LogP contribution in [0.15, 0.2) is 53.9 Å². The third-order valence-corrected chi connectivity index (χ3v) is 4.39. The maximum absolute atomic E-state index is 13.0. The molecule has 0 saturated heterocycles. The number of hydrogen-bond donors (Lipinski definition) is 1. The Balaban J connectivity index is 1.42. The quantitative estimate of drug-likeness (QED) is 0.449. The number of carbonyl (C=O) groups is 3. The molecule has 0 aliphatic carbocycles. The molecule has 1 aromatic heterocycles. The Kier molecular flexibility index (Phi) is 6.64. The highest BCUT2D eigenvalue weighted by Gasteiger charge is 2.11. The molecule has 0 aliphatic heterocycles. The maximum Gasteiger partial charge on any atom is 0.344 e. The third-order valence-electron chi connectivity index (χ3n) is 3.63. The van der Waals surface area contributed by atoms with Crippen molar-refractivity contribution < 1.29 is 28.2 Å². The molecule has 7 nitrogen and oxygen atoms in total. The molecule has 3 aromatic rings. The number of nitrogens with zero attached hydrogens (tertiary/aromatic N) is 1. The van der Waals surface area contributed by atoms with Crippen molar-refractivity contribution in [2.75, 3.05) is 18.5 Å². The molecule has 0 bridgehead atoms. The number of esters is 1. The van der Waals surface area contributed by atoms with Gasteiger partial charge in [0.2, 0.25) is 0 Å². The lowest BCUT2D eigenvalue weighted by atomic mass is 10.2. The smallest absolute Gasteiger partial charge is 0.344 e. The van der Waals surface area contributed by atoms with E-state index in [0.29, 0.717) is 34.0 Å². The lowest BCUT2D eigenvalue weighted by Gasteiger charge is -2.07. The zero-order valence-corrected chi connectivity index (χ0v) is 15.8. The molecule has 148 valence electrons. The van der Waals surface area contributed by atoms with Gasteiger partial charge in [0.15, 0.2) is 18.3 Å². The van der Waals surface area contributed by atoms with Gasteiger partial charge in [-0.1, -0.05) is 0 Å². The van der Waals surface area contributed by atoms with Gasteiger partial charge in [-0.3, -0.25) is 14.9 Å². The van der Waals surface area contributed by atoms with Crippen LogP contribution < -0.4 is 10.1 Å². The van der Waals surface area contributed by atoms with Crippen LogP contribution >= 0.6 is 11.3 Å². The zero-order chi connectivity index (χ0) is 20.6. The second kappa shape index (κ2) is 9.56. The van der Waals surface area contributed by atoms with Gasteiger partial charge in [0.1, 0.15) is 17.9 Å². The average Bonchev–Trinajstić information content (AvgIpc) is 3.20. The van der Waals surface area contributed by atoms with Gasteiger partial charge in [0.05, 0.1) is 5.69 Å². The Bertz CT molecular complexity index is 1000. The van der Waals surface area contributed by atoms with Crippen LogP contribution in [0.2, 0.25) is 0 Å². The number of anilines is 1. The minimum atomic E-state index is -0.717. The minimum absolute atomic E-state index is 0.330. The van der Waals surface area contributed by atoms with E-state index in [1.807, 2.05) is 0 Å². The monoisotopic (exact) mass is 414 g/mol. The first-order valence-electron chi connectivity index (χ1n) is 8.38. The van der Waals surface area contributed by atoms with Crippen molar-refractivity contribution in [3.63, 3.8) is 0 Å². The predicted molar refractivity (Wildman–Crippen MR) is 104 cm³/mol. The number of halogens is 1. The minimum Gasteiger partial charge on any atom is -0.482 e. The van der Waals surface area contributed by atoms with Gasteiger partial charge in [0, 0.05) is 16.5 Å². The van der Waals surface area contributed by atoms with E-state index < -0.39 is 18.5 Å². The molecule has 0 spiro atoms. The zero-order valence-electron chi connectivity index (χ0n) is 15.0. The first-order chi connectivity index (χ1) is 14.0. The summed E-state index contributed by atoms with van der Waals surface area (Å²) < 4.78 is 23.0. The first-order valence-corrected chi connectivity index (χ1v) is 9.26. The first kappa shape index (κ1) is 20.2. The Morgan fingerprint density at radius 1 is 1.07 bits per heavy atom. The van der Waals surface area contributed by atoms with Crippen molar-refractivity contribution in [1.29, 1.82) is 0 Å². The van der Waals surface area contributed by atoms with Crippen LogP contribution in [0.25, 0.3) is 11.3 Å². The van der Waals surface area contributed by atoms with Gasteiger partial charge in [-0.25, -0.2) is 14.2 Å². The summed E-state index contributed by atoms with van der Waals surface area (Å²) in [5.74, 6) is -1.21. The summed E-state index contributed by atoms with van der Waals surface area (Å²) in [6, 6.07) is 12.0. The van der Waals surface area contributed by atoms with Gasteiger partial charge in [-0.15, -0.1) is 11.3 Å². The largest absolute Gasteiger partial charge is 0.482 e. The summed E-state index contributed by atoms with van der Waals surface area (Å²) >= 11 is 1.19. The third kappa shape index (κ3) is 5.94. The van der Waals surface area contributed by atoms with E-state index in [2.05, 4.69) is 10.3 Å². The van der Waals surface area contributed by atoms with Crippen molar-refractivity contribution in [3.8, 4) is 17.0 Å². The van der Waals surface area contributed by atoms with Crippen LogP contribution in [0.3, 0.4) is 0 Å². The molecule has 0 aliphatic rings. The topological polar surface area (TPSA) is 94.6 Å². The number of carbonyl (C=O) groups excluding carboxylic acids is 3. The molecule has 1 amide bonds. The number of rotatable bonds is 8. The van der Waals surface area contributed by atoms with Crippen LogP contribution in [-0.4, -0.2) is 36.4 Å². The highest BCUT2D eigenvalue weighted by molar-refractivity contribution is 7.14. The van der Waals surface area contributed by atoms with E-state index in [-0.39, 0.29) is 12.4 Å². The molecular formula is C20H15FN2O5S. The van der Waals surface area contributed by atoms with Crippen LogP contribution in [0, 0.1) is 5.82 Å². The molecule has 0 saturated carbocycles. The molecule has 2 aromatic carbocycles. The van der Waals surface area contributed by atoms with Crippen molar-refractivity contribution in [3.05, 3.63) is 65.3 Å². The number of amides is 1. The number of hydrogen-bond acceptors (Lipinski definition) is 7. The molecular weight excluding hydrogens is 399 g/mol. The molecule has 1 heterocycles. The maximum atomic E-state index is 13.0. The second-order valence-corrected chi connectivity index (χ2v) is 6.59. The number of aldehydes is 1. The SMILES string of the molecule is O=Cc1ccc(OCC(=O)OCC(=O)Nc2nc(-c3ccc(F)cc3)cs2)cc1. The molecule has 0 radical (unpaired) electrons. The van der Waals surface area contributed by atoms with Crippen LogP contribution in [-0.2, 0) is 14.3 Å². The fourth-order valence-corrected chi connectivity index (χ4v) is 2.95. The Morgan fingerprint density at radius 2 is 1.79 bits per heavy atom. The lowest BCUT2D eigenvalue weighted by Crippen LogP contribution is -2.23. The highest BCUT2D eigenvalue weighted by atomic mass is 32.1. The molecule has 1 N–H and O–H groups in total. The molecule has 3 rings (SSSR count). The van der Waals surface area contributed by atoms with Gasteiger partial charge >= 0.3 is 5.97 Å². The predicted octanol–water partition coefficient (Wildman–Crippen LogP) is 3.32.